The fraction of sp³-hybridized carbons (Fsp3) is 0.355. The van der Waals surface area contributed by atoms with Crippen molar-refractivity contribution in [2.45, 2.75) is 70.0 Å². The lowest BCUT2D eigenvalue weighted by atomic mass is 10.0. The van der Waals surface area contributed by atoms with Crippen LogP contribution in [0.15, 0.2) is 83.8 Å². The summed E-state index contributed by atoms with van der Waals surface area (Å²) in [5, 5.41) is 3.84. The monoisotopic (exact) mass is 536 g/mol. The molecule has 0 bridgehead atoms. The van der Waals surface area contributed by atoms with Crippen LogP contribution in [-0.2, 0) is 22.6 Å². The molecular formula is C31H37ClN2O2S. The fourth-order valence-corrected chi connectivity index (χ4v) is 4.95. The molecule has 4 nitrogen and oxygen atoms in total. The van der Waals surface area contributed by atoms with Gasteiger partial charge in [-0.1, -0.05) is 78.7 Å². The number of carbonyl (C=O) groups excluding carboxylic acids is 2. The number of nitrogens with zero attached hydrogens (tertiary/aromatic N) is 1. The molecule has 0 aromatic heterocycles. The van der Waals surface area contributed by atoms with E-state index in [4.69, 9.17) is 11.6 Å². The molecule has 3 rings (SSSR count). The Morgan fingerprint density at radius 2 is 1.62 bits per heavy atom. The first-order chi connectivity index (χ1) is 17.9. The number of rotatable bonds is 13. The number of halogens is 1. The van der Waals surface area contributed by atoms with Crippen molar-refractivity contribution in [3.63, 3.8) is 0 Å². The van der Waals surface area contributed by atoms with Crippen LogP contribution in [0.25, 0.3) is 0 Å². The number of benzene rings is 3. The average molecular weight is 537 g/mol. The molecule has 37 heavy (non-hydrogen) atoms. The summed E-state index contributed by atoms with van der Waals surface area (Å²) < 4.78 is 0. The third kappa shape index (κ3) is 9.56. The second kappa shape index (κ2) is 14.8. The van der Waals surface area contributed by atoms with Crippen LogP contribution in [0, 0.1) is 6.92 Å². The largest absolute Gasteiger partial charge is 0.352 e. The van der Waals surface area contributed by atoms with Crippen molar-refractivity contribution in [3.05, 3.63) is 101 Å². The number of aryl methyl sites for hydroxylation is 1. The highest BCUT2D eigenvalue weighted by Gasteiger charge is 2.30. The molecule has 0 saturated heterocycles. The molecule has 0 aliphatic rings. The van der Waals surface area contributed by atoms with E-state index in [0.717, 1.165) is 40.2 Å². The molecule has 2 atom stereocenters. The molecule has 0 spiro atoms. The van der Waals surface area contributed by atoms with E-state index >= 15 is 0 Å². The molecule has 3 aromatic rings. The van der Waals surface area contributed by atoms with Crippen LogP contribution in [0.5, 0.6) is 0 Å². The van der Waals surface area contributed by atoms with Crippen LogP contribution in [0.2, 0.25) is 5.02 Å². The van der Waals surface area contributed by atoms with E-state index in [2.05, 4.69) is 5.32 Å². The summed E-state index contributed by atoms with van der Waals surface area (Å²) >= 11 is 7.69. The van der Waals surface area contributed by atoms with Crippen molar-refractivity contribution >= 4 is 35.2 Å². The van der Waals surface area contributed by atoms with Gasteiger partial charge in [-0.2, -0.15) is 0 Å². The maximum Gasteiger partial charge on any atom is 0.243 e. The standard InChI is InChI=1S/C31H37ClN2O2S/c1-4-24(3)33-31(36)29(21-25-9-6-5-7-10-25)34(22-26-14-12-23(2)13-15-26)30(35)11-8-20-37-28-18-16-27(32)17-19-28/h5-7,9-10,12-19,24,29H,4,8,11,20-22H2,1-3H3,(H,33,36)/t24-,29+/m1/s1. The lowest BCUT2D eigenvalue weighted by Crippen LogP contribution is -2.52. The summed E-state index contributed by atoms with van der Waals surface area (Å²) in [4.78, 5) is 30.1. The highest BCUT2D eigenvalue weighted by Crippen LogP contribution is 2.22. The van der Waals surface area contributed by atoms with E-state index < -0.39 is 6.04 Å². The maximum absolute atomic E-state index is 13.7. The Kier molecular flexibility index (Phi) is 11.6. The van der Waals surface area contributed by atoms with Crippen molar-refractivity contribution in [1.29, 1.82) is 0 Å². The van der Waals surface area contributed by atoms with Crippen LogP contribution >= 0.6 is 23.4 Å². The summed E-state index contributed by atoms with van der Waals surface area (Å²) in [6.07, 6.45) is 2.41. The minimum atomic E-state index is -0.589. The number of hydrogen-bond donors (Lipinski definition) is 1. The molecule has 2 amide bonds. The molecule has 196 valence electrons. The summed E-state index contributed by atoms with van der Waals surface area (Å²) in [6, 6.07) is 25.3. The van der Waals surface area contributed by atoms with Gasteiger partial charge in [0.25, 0.3) is 0 Å². The molecule has 0 aliphatic heterocycles. The van der Waals surface area contributed by atoms with Gasteiger partial charge in [0.15, 0.2) is 0 Å². The number of hydrogen-bond acceptors (Lipinski definition) is 3. The van der Waals surface area contributed by atoms with Gasteiger partial charge in [0, 0.05) is 35.3 Å². The zero-order valence-electron chi connectivity index (χ0n) is 22.0. The van der Waals surface area contributed by atoms with Gasteiger partial charge >= 0.3 is 0 Å². The molecule has 0 aliphatic carbocycles. The minimum Gasteiger partial charge on any atom is -0.352 e. The van der Waals surface area contributed by atoms with Gasteiger partial charge in [-0.15, -0.1) is 11.8 Å². The first-order valence-corrected chi connectivity index (χ1v) is 14.3. The first-order valence-electron chi connectivity index (χ1n) is 12.9. The number of amides is 2. The molecule has 6 heteroatoms. The highest BCUT2D eigenvalue weighted by molar-refractivity contribution is 7.99. The van der Waals surface area contributed by atoms with E-state index in [9.17, 15) is 9.59 Å². The van der Waals surface area contributed by atoms with Gasteiger partial charge in [0.1, 0.15) is 6.04 Å². The molecular weight excluding hydrogens is 500 g/mol. The number of thioether (sulfide) groups is 1. The molecule has 3 aromatic carbocycles. The van der Waals surface area contributed by atoms with Gasteiger partial charge in [-0.05, 0) is 67.8 Å². The molecule has 0 radical (unpaired) electrons. The van der Waals surface area contributed by atoms with Crippen molar-refractivity contribution in [1.82, 2.24) is 10.2 Å². The van der Waals surface area contributed by atoms with Crippen molar-refractivity contribution in [2.75, 3.05) is 5.75 Å². The Balaban J connectivity index is 1.78. The number of carbonyl (C=O) groups is 2. The van der Waals surface area contributed by atoms with Crippen molar-refractivity contribution < 1.29 is 9.59 Å². The van der Waals surface area contributed by atoms with E-state index in [1.807, 2.05) is 99.6 Å². The zero-order valence-corrected chi connectivity index (χ0v) is 23.5. The summed E-state index contributed by atoms with van der Waals surface area (Å²) in [7, 11) is 0. The molecule has 0 saturated carbocycles. The Morgan fingerprint density at radius 1 is 0.946 bits per heavy atom. The average Bonchev–Trinajstić information content (AvgIpc) is 2.91. The predicted octanol–water partition coefficient (Wildman–Crippen LogP) is 7.08. The van der Waals surface area contributed by atoms with Crippen molar-refractivity contribution in [3.8, 4) is 0 Å². The Labute approximate surface area is 230 Å². The Morgan fingerprint density at radius 3 is 2.27 bits per heavy atom. The third-order valence-corrected chi connectivity index (χ3v) is 7.71. The Bertz CT molecular complexity index is 1120. The van der Waals surface area contributed by atoms with Crippen LogP contribution in [0.1, 0.15) is 49.8 Å². The van der Waals surface area contributed by atoms with E-state index in [1.165, 1.54) is 0 Å². The van der Waals surface area contributed by atoms with Crippen LogP contribution in [-0.4, -0.2) is 34.6 Å². The van der Waals surface area contributed by atoms with Gasteiger partial charge in [0.05, 0.1) is 0 Å². The van der Waals surface area contributed by atoms with Crippen LogP contribution < -0.4 is 5.32 Å². The third-order valence-electron chi connectivity index (χ3n) is 6.36. The summed E-state index contributed by atoms with van der Waals surface area (Å²) in [5.41, 5.74) is 3.21. The van der Waals surface area contributed by atoms with E-state index in [-0.39, 0.29) is 17.9 Å². The molecule has 1 N–H and O–H groups in total. The molecule has 0 heterocycles. The van der Waals surface area contributed by atoms with Gasteiger partial charge in [-0.25, -0.2) is 0 Å². The maximum atomic E-state index is 13.7. The first kappa shape index (κ1) is 28.8. The fourth-order valence-electron chi connectivity index (χ4n) is 3.97. The molecule has 0 fully saturated rings. The minimum absolute atomic E-state index is 0.00230. The van der Waals surface area contributed by atoms with Gasteiger partial charge < -0.3 is 10.2 Å². The van der Waals surface area contributed by atoms with Crippen LogP contribution in [0.3, 0.4) is 0 Å². The summed E-state index contributed by atoms with van der Waals surface area (Å²) in [6.45, 7) is 6.49. The van der Waals surface area contributed by atoms with E-state index in [1.54, 1.807) is 16.7 Å². The zero-order chi connectivity index (χ0) is 26.6. The smallest absolute Gasteiger partial charge is 0.243 e. The number of nitrogens with one attached hydrogen (secondary N) is 1. The normalized spacial score (nSPS) is 12.5. The second-order valence-electron chi connectivity index (χ2n) is 9.44. The van der Waals surface area contributed by atoms with E-state index in [0.29, 0.717) is 24.4 Å². The van der Waals surface area contributed by atoms with Gasteiger partial charge in [-0.3, -0.25) is 9.59 Å². The Hall–Kier alpha value is -2.76. The van der Waals surface area contributed by atoms with Crippen LogP contribution in [0.4, 0.5) is 0 Å². The highest BCUT2D eigenvalue weighted by atomic mass is 35.5. The lowest BCUT2D eigenvalue weighted by molar-refractivity contribution is -0.141. The van der Waals surface area contributed by atoms with Gasteiger partial charge in [0.2, 0.25) is 11.8 Å². The quantitative estimate of drug-likeness (QED) is 0.188. The topological polar surface area (TPSA) is 49.4 Å². The lowest BCUT2D eigenvalue weighted by Gasteiger charge is -2.32. The predicted molar refractivity (Wildman–Crippen MR) is 155 cm³/mol. The SMILES string of the molecule is CC[C@@H](C)NC(=O)[C@H](Cc1ccccc1)N(Cc1ccc(C)cc1)C(=O)CCCSc1ccc(Cl)cc1. The summed E-state index contributed by atoms with van der Waals surface area (Å²) in [5.74, 6) is 0.709. The molecule has 0 unspecified atom stereocenters. The second-order valence-corrected chi connectivity index (χ2v) is 11.0. The van der Waals surface area contributed by atoms with Crippen molar-refractivity contribution in [2.24, 2.45) is 0 Å².